The highest BCUT2D eigenvalue weighted by atomic mass is 16.5. The van der Waals surface area contributed by atoms with Crippen LogP contribution in [0.1, 0.15) is 53.6 Å². The molecule has 1 aromatic heterocycles. The van der Waals surface area contributed by atoms with Crippen LogP contribution in [-0.4, -0.2) is 36.2 Å². The summed E-state index contributed by atoms with van der Waals surface area (Å²) in [5.41, 5.74) is 3.65. The summed E-state index contributed by atoms with van der Waals surface area (Å²) in [6.07, 6.45) is -0.296. The number of carboxylic acids is 1. The van der Waals surface area contributed by atoms with Crippen LogP contribution < -0.4 is 10.6 Å². The summed E-state index contributed by atoms with van der Waals surface area (Å²) < 4.78 is 11.0. The first-order valence-electron chi connectivity index (χ1n) is 11.5. The van der Waals surface area contributed by atoms with Gasteiger partial charge in [-0.05, 0) is 54.7 Å². The summed E-state index contributed by atoms with van der Waals surface area (Å²) in [7, 11) is 0. The van der Waals surface area contributed by atoms with Gasteiger partial charge in [-0.2, -0.15) is 0 Å². The van der Waals surface area contributed by atoms with Crippen LogP contribution in [0.3, 0.4) is 0 Å². The molecule has 3 N–H and O–H groups in total. The molecule has 1 aliphatic carbocycles. The Morgan fingerprint density at radius 1 is 0.943 bits per heavy atom. The second kappa shape index (κ2) is 10.0. The van der Waals surface area contributed by atoms with Crippen LogP contribution in [0, 0.1) is 5.41 Å². The Morgan fingerprint density at radius 2 is 1.57 bits per heavy atom. The molecule has 0 spiro atoms. The number of ether oxygens (including phenoxy) is 1. The minimum atomic E-state index is -0.936. The van der Waals surface area contributed by atoms with Crippen LogP contribution >= 0.6 is 0 Å². The van der Waals surface area contributed by atoms with E-state index >= 15 is 0 Å². The fraction of sp³-hybridized carbons (Fsp3) is 0.296. The molecule has 0 unspecified atom stereocenters. The van der Waals surface area contributed by atoms with Crippen molar-refractivity contribution in [3.63, 3.8) is 0 Å². The zero-order valence-corrected chi connectivity index (χ0v) is 19.7. The van der Waals surface area contributed by atoms with Gasteiger partial charge >= 0.3 is 12.1 Å². The van der Waals surface area contributed by atoms with Gasteiger partial charge in [-0.1, -0.05) is 48.5 Å². The van der Waals surface area contributed by atoms with Gasteiger partial charge in [-0.3, -0.25) is 9.59 Å². The number of amides is 2. The van der Waals surface area contributed by atoms with Gasteiger partial charge in [0.2, 0.25) is 0 Å². The molecule has 182 valence electrons. The Labute approximate surface area is 203 Å². The number of furan rings is 1. The lowest BCUT2D eigenvalue weighted by Crippen LogP contribution is -2.31. The predicted octanol–water partition coefficient (Wildman–Crippen LogP) is 4.55. The number of carbonyl (C=O) groups excluding carboxylic acids is 2. The van der Waals surface area contributed by atoms with Gasteiger partial charge in [-0.15, -0.1) is 0 Å². The van der Waals surface area contributed by atoms with E-state index < -0.39 is 23.4 Å². The third-order valence-corrected chi connectivity index (χ3v) is 6.25. The summed E-state index contributed by atoms with van der Waals surface area (Å²) in [5.74, 6) is -0.917. The summed E-state index contributed by atoms with van der Waals surface area (Å²) in [6, 6.07) is 19.3. The molecule has 35 heavy (non-hydrogen) atoms. The molecule has 3 aromatic rings. The third-order valence-electron chi connectivity index (χ3n) is 6.25. The maximum Gasteiger partial charge on any atom is 0.407 e. The maximum atomic E-state index is 12.3. The van der Waals surface area contributed by atoms with Gasteiger partial charge in [-0.25, -0.2) is 4.79 Å². The number of rotatable bonds is 9. The summed E-state index contributed by atoms with van der Waals surface area (Å²) in [4.78, 5) is 35.7. The van der Waals surface area contributed by atoms with Crippen molar-refractivity contribution in [3.8, 4) is 11.1 Å². The van der Waals surface area contributed by atoms with E-state index in [0.29, 0.717) is 5.76 Å². The van der Waals surface area contributed by atoms with E-state index in [1.54, 1.807) is 19.9 Å². The lowest BCUT2D eigenvalue weighted by molar-refractivity contribution is -0.147. The van der Waals surface area contributed by atoms with Crippen LogP contribution in [0.2, 0.25) is 0 Å². The van der Waals surface area contributed by atoms with Gasteiger partial charge in [0.05, 0.1) is 12.0 Å². The van der Waals surface area contributed by atoms with E-state index in [9.17, 15) is 14.4 Å². The zero-order valence-electron chi connectivity index (χ0n) is 19.7. The molecule has 8 nitrogen and oxygen atoms in total. The second-order valence-electron chi connectivity index (χ2n) is 9.14. The molecular formula is C27H28N2O6. The van der Waals surface area contributed by atoms with Crippen molar-refractivity contribution < 1.29 is 28.6 Å². The van der Waals surface area contributed by atoms with E-state index in [-0.39, 0.29) is 37.8 Å². The van der Waals surface area contributed by atoms with Gasteiger partial charge in [0.25, 0.3) is 5.91 Å². The Morgan fingerprint density at radius 3 is 2.20 bits per heavy atom. The number of alkyl carbamates (subject to hydrolysis) is 1. The average molecular weight is 477 g/mol. The van der Waals surface area contributed by atoms with Crippen LogP contribution in [0.4, 0.5) is 4.79 Å². The van der Waals surface area contributed by atoms with Crippen LogP contribution in [0.15, 0.2) is 65.1 Å². The second-order valence-corrected chi connectivity index (χ2v) is 9.14. The molecule has 2 amide bonds. The molecule has 1 heterocycles. The van der Waals surface area contributed by atoms with Gasteiger partial charge in [0.15, 0.2) is 5.76 Å². The summed E-state index contributed by atoms with van der Waals surface area (Å²) >= 11 is 0. The van der Waals surface area contributed by atoms with Crippen molar-refractivity contribution in [2.75, 3.05) is 13.2 Å². The van der Waals surface area contributed by atoms with Gasteiger partial charge in [0, 0.05) is 12.5 Å². The highest BCUT2D eigenvalue weighted by Crippen LogP contribution is 2.44. The number of nitrogens with one attached hydrogen (secondary N) is 2. The lowest BCUT2D eigenvalue weighted by Gasteiger charge is -2.18. The molecule has 0 aliphatic heterocycles. The average Bonchev–Trinajstić information content (AvgIpc) is 3.44. The molecule has 0 atom stereocenters. The molecule has 0 saturated carbocycles. The van der Waals surface area contributed by atoms with E-state index in [1.807, 2.05) is 24.3 Å². The Balaban J connectivity index is 1.26. The number of carbonyl (C=O) groups is 3. The number of fused-ring (bicyclic) bond motifs is 3. The van der Waals surface area contributed by atoms with Crippen molar-refractivity contribution in [2.24, 2.45) is 5.41 Å². The van der Waals surface area contributed by atoms with Gasteiger partial charge in [0.1, 0.15) is 12.4 Å². The molecule has 2 aromatic carbocycles. The Bertz CT molecular complexity index is 1200. The SMILES string of the molecule is CC(C)(CCNC(=O)c1ccc(CNC(=O)OCC2c3ccccc3-c3ccccc32)o1)C(=O)O. The standard InChI is InChI=1S/C27H28N2O6/c1-27(2,25(31)32)13-14-28-24(30)23-12-11-17(35-23)15-29-26(33)34-16-22-20-9-5-3-7-18(20)19-8-4-6-10-21(19)22/h3-12,22H,13-16H2,1-2H3,(H,28,30)(H,29,33)(H,31,32). The Hall–Kier alpha value is -4.07. The quantitative estimate of drug-likeness (QED) is 0.417. The van der Waals surface area contributed by atoms with Crippen LogP contribution in [-0.2, 0) is 16.1 Å². The molecular weight excluding hydrogens is 448 g/mol. The molecule has 0 radical (unpaired) electrons. The monoisotopic (exact) mass is 476 g/mol. The minimum Gasteiger partial charge on any atom is -0.481 e. The van der Waals surface area contributed by atoms with Crippen molar-refractivity contribution >= 4 is 18.0 Å². The fourth-order valence-corrected chi connectivity index (χ4v) is 4.09. The highest BCUT2D eigenvalue weighted by molar-refractivity contribution is 5.91. The number of aliphatic carboxylic acids is 1. The van der Waals surface area contributed by atoms with Crippen LogP contribution in [0.5, 0.6) is 0 Å². The third kappa shape index (κ3) is 5.37. The highest BCUT2D eigenvalue weighted by Gasteiger charge is 2.29. The lowest BCUT2D eigenvalue weighted by atomic mass is 9.90. The molecule has 0 saturated heterocycles. The first-order chi connectivity index (χ1) is 16.8. The minimum absolute atomic E-state index is 0.0295. The molecule has 8 heteroatoms. The van der Waals surface area contributed by atoms with Crippen molar-refractivity contribution in [1.82, 2.24) is 10.6 Å². The number of carboxylic acid groups (broad SMARTS) is 1. The van der Waals surface area contributed by atoms with Crippen molar-refractivity contribution in [1.29, 1.82) is 0 Å². The number of benzene rings is 2. The van der Waals surface area contributed by atoms with E-state index in [0.717, 1.165) is 22.3 Å². The van der Waals surface area contributed by atoms with Crippen molar-refractivity contribution in [2.45, 2.75) is 32.7 Å². The van der Waals surface area contributed by atoms with E-state index in [1.165, 1.54) is 6.07 Å². The topological polar surface area (TPSA) is 118 Å². The number of hydrogen-bond donors (Lipinski definition) is 3. The Kier molecular flexibility index (Phi) is 6.91. The molecule has 0 bridgehead atoms. The maximum absolute atomic E-state index is 12.3. The molecule has 1 aliphatic rings. The first kappa shape index (κ1) is 24.1. The zero-order chi connectivity index (χ0) is 25.0. The fourth-order valence-electron chi connectivity index (χ4n) is 4.09. The first-order valence-corrected chi connectivity index (χ1v) is 11.5. The largest absolute Gasteiger partial charge is 0.481 e. The normalized spacial score (nSPS) is 12.5. The van der Waals surface area contributed by atoms with Crippen molar-refractivity contribution in [3.05, 3.63) is 83.3 Å². The predicted molar refractivity (Wildman–Crippen MR) is 129 cm³/mol. The van der Waals surface area contributed by atoms with Gasteiger partial charge < -0.3 is 24.9 Å². The molecule has 4 rings (SSSR count). The number of hydrogen-bond acceptors (Lipinski definition) is 5. The summed E-state index contributed by atoms with van der Waals surface area (Å²) in [5, 5.41) is 14.4. The summed E-state index contributed by atoms with van der Waals surface area (Å²) in [6.45, 7) is 3.67. The molecule has 0 fully saturated rings. The van der Waals surface area contributed by atoms with E-state index in [2.05, 4.69) is 34.9 Å². The smallest absolute Gasteiger partial charge is 0.407 e. The van der Waals surface area contributed by atoms with Crippen LogP contribution in [0.25, 0.3) is 11.1 Å². The van der Waals surface area contributed by atoms with E-state index in [4.69, 9.17) is 14.3 Å².